The summed E-state index contributed by atoms with van der Waals surface area (Å²) in [5, 5.41) is 12.5. The molecule has 1 aromatic carbocycles. The predicted octanol–water partition coefficient (Wildman–Crippen LogP) is 1.08. The van der Waals surface area contributed by atoms with Gasteiger partial charge in [-0.3, -0.25) is 4.79 Å². The number of carbonyl (C=O) groups is 1. The van der Waals surface area contributed by atoms with E-state index in [1.54, 1.807) is 12.1 Å². The number of aromatic hydroxyl groups is 1. The second kappa shape index (κ2) is 6.86. The molecule has 0 aliphatic heterocycles. The number of methoxy groups -OCH3 is 1. The van der Waals surface area contributed by atoms with Crippen LogP contribution in [0, 0.1) is 0 Å². The second-order valence-corrected chi connectivity index (χ2v) is 4.30. The molecule has 1 rings (SSSR count). The van der Waals surface area contributed by atoms with Crippen molar-refractivity contribution in [3.8, 4) is 11.5 Å². The molecule has 5 nitrogen and oxygen atoms in total. The Labute approximate surface area is 107 Å². The van der Waals surface area contributed by atoms with Crippen LogP contribution in [0.2, 0.25) is 0 Å². The molecule has 0 heterocycles. The molecule has 0 spiro atoms. The monoisotopic (exact) mass is 252 g/mol. The van der Waals surface area contributed by atoms with E-state index in [0.717, 1.165) is 13.0 Å². The van der Waals surface area contributed by atoms with Crippen molar-refractivity contribution in [3.63, 3.8) is 0 Å². The van der Waals surface area contributed by atoms with Crippen molar-refractivity contribution in [1.29, 1.82) is 0 Å². The molecule has 0 atom stereocenters. The third kappa shape index (κ3) is 4.25. The number of nitrogens with zero attached hydrogens (tertiary/aromatic N) is 1. The maximum absolute atomic E-state index is 11.8. The highest BCUT2D eigenvalue weighted by atomic mass is 16.5. The van der Waals surface area contributed by atoms with Crippen LogP contribution < -0.4 is 10.1 Å². The smallest absolute Gasteiger partial charge is 0.255 e. The normalized spacial score (nSPS) is 10.4. The standard InChI is InChI=1S/C13H20N2O3/c1-15(2)8-4-7-14-13(17)11-6-5-10(18-3)9-12(11)16/h5-6,9,16H,4,7-8H2,1-3H3,(H,14,17). The molecule has 2 N–H and O–H groups in total. The average molecular weight is 252 g/mol. The predicted molar refractivity (Wildman–Crippen MR) is 70.2 cm³/mol. The van der Waals surface area contributed by atoms with E-state index in [0.29, 0.717) is 12.3 Å². The van der Waals surface area contributed by atoms with Gasteiger partial charge in [0, 0.05) is 12.6 Å². The van der Waals surface area contributed by atoms with Crippen molar-refractivity contribution in [2.24, 2.45) is 0 Å². The van der Waals surface area contributed by atoms with Gasteiger partial charge in [-0.1, -0.05) is 0 Å². The highest BCUT2D eigenvalue weighted by molar-refractivity contribution is 5.96. The Bertz CT molecular complexity index is 405. The Hall–Kier alpha value is -1.75. The lowest BCUT2D eigenvalue weighted by Gasteiger charge is -2.10. The Morgan fingerprint density at radius 3 is 2.72 bits per heavy atom. The molecule has 0 bridgehead atoms. The first-order chi connectivity index (χ1) is 8.54. The van der Waals surface area contributed by atoms with Crippen molar-refractivity contribution in [3.05, 3.63) is 23.8 Å². The minimum absolute atomic E-state index is 0.0699. The summed E-state index contributed by atoms with van der Waals surface area (Å²) in [6.45, 7) is 1.50. The van der Waals surface area contributed by atoms with Crippen LogP contribution in [0.3, 0.4) is 0 Å². The number of amides is 1. The van der Waals surface area contributed by atoms with E-state index in [1.165, 1.54) is 13.2 Å². The van der Waals surface area contributed by atoms with Gasteiger partial charge in [-0.05, 0) is 39.2 Å². The number of nitrogens with one attached hydrogen (secondary N) is 1. The molecule has 18 heavy (non-hydrogen) atoms. The van der Waals surface area contributed by atoms with Crippen molar-refractivity contribution in [2.45, 2.75) is 6.42 Å². The zero-order valence-corrected chi connectivity index (χ0v) is 11.1. The van der Waals surface area contributed by atoms with Crippen LogP contribution in [0.4, 0.5) is 0 Å². The van der Waals surface area contributed by atoms with Crippen molar-refractivity contribution in [2.75, 3.05) is 34.3 Å². The quantitative estimate of drug-likeness (QED) is 0.744. The lowest BCUT2D eigenvalue weighted by Crippen LogP contribution is -2.27. The molecular weight excluding hydrogens is 232 g/mol. The van der Waals surface area contributed by atoms with Gasteiger partial charge >= 0.3 is 0 Å². The number of ether oxygens (including phenoxy) is 1. The van der Waals surface area contributed by atoms with Gasteiger partial charge in [0.1, 0.15) is 11.5 Å². The fraction of sp³-hybridized carbons (Fsp3) is 0.462. The van der Waals surface area contributed by atoms with Crippen LogP contribution in [0.25, 0.3) is 0 Å². The first-order valence-electron chi connectivity index (χ1n) is 5.84. The van der Waals surface area contributed by atoms with Crippen LogP contribution in [-0.4, -0.2) is 50.2 Å². The molecule has 0 aromatic heterocycles. The molecule has 0 radical (unpaired) electrons. The van der Waals surface area contributed by atoms with Gasteiger partial charge in [0.15, 0.2) is 0 Å². The van der Waals surface area contributed by atoms with Gasteiger partial charge in [-0.25, -0.2) is 0 Å². The van der Waals surface area contributed by atoms with Crippen LogP contribution in [0.5, 0.6) is 11.5 Å². The number of rotatable bonds is 6. The van der Waals surface area contributed by atoms with E-state index in [9.17, 15) is 9.90 Å². The highest BCUT2D eigenvalue weighted by Gasteiger charge is 2.11. The molecule has 100 valence electrons. The zero-order valence-electron chi connectivity index (χ0n) is 11.1. The Morgan fingerprint density at radius 1 is 1.44 bits per heavy atom. The third-order valence-corrected chi connectivity index (χ3v) is 2.52. The lowest BCUT2D eigenvalue weighted by molar-refractivity contribution is 0.0949. The summed E-state index contributed by atoms with van der Waals surface area (Å²) in [5.74, 6) is 0.185. The minimum atomic E-state index is -0.270. The van der Waals surface area contributed by atoms with Crippen molar-refractivity contribution in [1.82, 2.24) is 10.2 Å². The molecule has 0 unspecified atom stereocenters. The molecule has 1 aromatic rings. The summed E-state index contributed by atoms with van der Waals surface area (Å²) in [7, 11) is 5.48. The molecular formula is C13H20N2O3. The van der Waals surface area contributed by atoms with Crippen LogP contribution in [0.1, 0.15) is 16.8 Å². The van der Waals surface area contributed by atoms with Gasteiger partial charge in [-0.2, -0.15) is 0 Å². The van der Waals surface area contributed by atoms with Crippen molar-refractivity contribution >= 4 is 5.91 Å². The number of phenols is 1. The maximum atomic E-state index is 11.8. The van der Waals surface area contributed by atoms with Gasteiger partial charge in [0.2, 0.25) is 0 Å². The van der Waals surface area contributed by atoms with E-state index in [4.69, 9.17) is 4.74 Å². The van der Waals surface area contributed by atoms with E-state index in [-0.39, 0.29) is 17.2 Å². The topological polar surface area (TPSA) is 61.8 Å². The van der Waals surface area contributed by atoms with Crippen molar-refractivity contribution < 1.29 is 14.6 Å². The Kier molecular flexibility index (Phi) is 5.45. The first kappa shape index (κ1) is 14.3. The molecule has 5 heteroatoms. The first-order valence-corrected chi connectivity index (χ1v) is 5.84. The largest absolute Gasteiger partial charge is 0.507 e. The molecule has 0 aliphatic carbocycles. The second-order valence-electron chi connectivity index (χ2n) is 4.30. The molecule has 1 amide bonds. The summed E-state index contributed by atoms with van der Waals surface area (Å²) in [6, 6.07) is 4.62. The number of hydrogen-bond acceptors (Lipinski definition) is 4. The minimum Gasteiger partial charge on any atom is -0.507 e. The highest BCUT2D eigenvalue weighted by Crippen LogP contribution is 2.23. The third-order valence-electron chi connectivity index (χ3n) is 2.52. The Morgan fingerprint density at radius 2 is 2.17 bits per heavy atom. The summed E-state index contributed by atoms with van der Waals surface area (Å²) < 4.78 is 4.96. The Balaban J connectivity index is 2.51. The van der Waals surface area contributed by atoms with Crippen LogP contribution in [-0.2, 0) is 0 Å². The zero-order chi connectivity index (χ0) is 13.5. The summed E-state index contributed by atoms with van der Waals surface area (Å²) in [5.41, 5.74) is 0.264. The van der Waals surface area contributed by atoms with Gasteiger partial charge in [0.25, 0.3) is 5.91 Å². The lowest BCUT2D eigenvalue weighted by atomic mass is 10.1. The van der Waals surface area contributed by atoms with Crippen LogP contribution in [0.15, 0.2) is 18.2 Å². The van der Waals surface area contributed by atoms with Gasteiger partial charge < -0.3 is 20.1 Å². The number of hydrogen-bond donors (Lipinski definition) is 2. The molecule has 0 fully saturated rings. The molecule has 0 saturated carbocycles. The van der Waals surface area contributed by atoms with Gasteiger partial charge in [-0.15, -0.1) is 0 Å². The van der Waals surface area contributed by atoms with E-state index >= 15 is 0 Å². The van der Waals surface area contributed by atoms with E-state index < -0.39 is 0 Å². The maximum Gasteiger partial charge on any atom is 0.255 e. The molecule has 0 saturated heterocycles. The van der Waals surface area contributed by atoms with Gasteiger partial charge in [0.05, 0.1) is 12.7 Å². The number of benzene rings is 1. The number of phenolic OH excluding ortho intramolecular Hbond substituents is 1. The van der Waals surface area contributed by atoms with Crippen LogP contribution >= 0.6 is 0 Å². The average Bonchev–Trinajstić information content (AvgIpc) is 2.33. The fourth-order valence-electron chi connectivity index (χ4n) is 1.52. The summed E-state index contributed by atoms with van der Waals surface area (Å²) in [4.78, 5) is 13.8. The SMILES string of the molecule is COc1ccc(C(=O)NCCCN(C)C)c(O)c1. The summed E-state index contributed by atoms with van der Waals surface area (Å²) >= 11 is 0. The number of carbonyl (C=O) groups excluding carboxylic acids is 1. The fourth-order valence-corrected chi connectivity index (χ4v) is 1.52. The summed E-state index contributed by atoms with van der Waals surface area (Å²) in [6.07, 6.45) is 0.871. The molecule has 0 aliphatic rings. The van der Waals surface area contributed by atoms with E-state index in [1.807, 2.05) is 14.1 Å². The van der Waals surface area contributed by atoms with E-state index in [2.05, 4.69) is 10.2 Å².